The maximum absolute atomic E-state index is 13.0. The number of nitrogens with zero attached hydrogens (tertiary/aromatic N) is 1. The second kappa shape index (κ2) is 5.96. The quantitative estimate of drug-likeness (QED) is 0.912. The van der Waals surface area contributed by atoms with E-state index in [1.165, 1.54) is 5.56 Å². The lowest BCUT2D eigenvalue weighted by molar-refractivity contribution is 0.0660. The molecule has 2 aliphatic rings. The van der Waals surface area contributed by atoms with Crippen molar-refractivity contribution in [3.05, 3.63) is 45.5 Å². The first kappa shape index (κ1) is 15.2. The third-order valence-electron chi connectivity index (χ3n) is 5.10. The first-order valence-electron chi connectivity index (χ1n) is 7.96. The van der Waals surface area contributed by atoms with Gasteiger partial charge in [-0.05, 0) is 83.9 Å². The van der Waals surface area contributed by atoms with Crippen molar-refractivity contribution in [1.29, 1.82) is 0 Å². The van der Waals surface area contributed by atoms with Gasteiger partial charge in [0.1, 0.15) is 0 Å². The summed E-state index contributed by atoms with van der Waals surface area (Å²) in [5.41, 5.74) is 1.48. The lowest BCUT2D eigenvalue weighted by atomic mass is 9.93. The van der Waals surface area contributed by atoms with Crippen LogP contribution in [0.1, 0.15) is 35.4 Å². The molecule has 2 aromatic heterocycles. The summed E-state index contributed by atoms with van der Waals surface area (Å²) in [6, 6.07) is 5.69. The van der Waals surface area contributed by atoms with Crippen molar-refractivity contribution in [3.63, 3.8) is 0 Å². The van der Waals surface area contributed by atoms with Crippen LogP contribution in [0.3, 0.4) is 0 Å². The molecule has 1 spiro atoms. The van der Waals surface area contributed by atoms with E-state index in [4.69, 9.17) is 16.0 Å². The van der Waals surface area contributed by atoms with E-state index in [0.29, 0.717) is 23.8 Å². The summed E-state index contributed by atoms with van der Waals surface area (Å²) in [6.07, 6.45) is 3.38. The van der Waals surface area contributed by atoms with E-state index in [-0.39, 0.29) is 11.1 Å². The first-order valence-corrected chi connectivity index (χ1v) is 9.28. The van der Waals surface area contributed by atoms with Crippen molar-refractivity contribution in [1.82, 2.24) is 10.2 Å². The van der Waals surface area contributed by atoms with Gasteiger partial charge in [0, 0.05) is 12.6 Å². The Kier molecular flexibility index (Phi) is 3.95. The highest BCUT2D eigenvalue weighted by molar-refractivity contribution is 7.07. The van der Waals surface area contributed by atoms with Crippen molar-refractivity contribution in [2.75, 3.05) is 13.1 Å². The second-order valence-electron chi connectivity index (χ2n) is 6.50. The van der Waals surface area contributed by atoms with E-state index in [9.17, 15) is 4.79 Å². The Hall–Kier alpha value is -1.30. The van der Waals surface area contributed by atoms with Crippen LogP contribution in [0, 0.1) is 5.41 Å². The number of amides is 1. The minimum absolute atomic E-state index is 0.0523. The molecule has 0 unspecified atom stereocenters. The Morgan fingerprint density at radius 3 is 2.87 bits per heavy atom. The predicted molar refractivity (Wildman–Crippen MR) is 90.9 cm³/mol. The lowest BCUT2D eigenvalue weighted by Crippen LogP contribution is -2.39. The Morgan fingerprint density at radius 2 is 2.22 bits per heavy atom. The van der Waals surface area contributed by atoms with E-state index >= 15 is 0 Å². The topological polar surface area (TPSA) is 45.5 Å². The molecule has 2 aromatic rings. The molecule has 1 atom stereocenters. The van der Waals surface area contributed by atoms with E-state index in [2.05, 4.69) is 22.1 Å². The van der Waals surface area contributed by atoms with Crippen LogP contribution in [0.25, 0.3) is 0 Å². The lowest BCUT2D eigenvalue weighted by Gasteiger charge is -2.29. The highest BCUT2D eigenvalue weighted by Crippen LogP contribution is 2.56. The van der Waals surface area contributed by atoms with Crippen LogP contribution in [0.5, 0.6) is 0 Å². The summed E-state index contributed by atoms with van der Waals surface area (Å²) < 4.78 is 5.36. The van der Waals surface area contributed by atoms with Crippen LogP contribution in [-0.2, 0) is 6.54 Å². The molecule has 4 nitrogen and oxygen atoms in total. The first-order chi connectivity index (χ1) is 11.2. The maximum atomic E-state index is 13.0. The fourth-order valence-corrected chi connectivity index (χ4v) is 4.51. The fraction of sp³-hybridized carbons (Fsp3) is 0.471. The number of hydrogen-bond acceptors (Lipinski definition) is 4. The van der Waals surface area contributed by atoms with E-state index in [0.717, 1.165) is 32.4 Å². The van der Waals surface area contributed by atoms with E-state index in [1.54, 1.807) is 23.5 Å². The van der Waals surface area contributed by atoms with Gasteiger partial charge < -0.3 is 14.6 Å². The van der Waals surface area contributed by atoms with Crippen molar-refractivity contribution in [3.8, 4) is 0 Å². The molecule has 1 saturated heterocycles. The van der Waals surface area contributed by atoms with Crippen molar-refractivity contribution >= 4 is 28.8 Å². The molecule has 3 heterocycles. The minimum atomic E-state index is -0.0523. The Bertz CT molecular complexity index is 691. The largest absolute Gasteiger partial charge is 0.440 e. The minimum Gasteiger partial charge on any atom is -0.440 e. The van der Waals surface area contributed by atoms with E-state index in [1.807, 2.05) is 4.90 Å². The molecule has 1 aliphatic heterocycles. The van der Waals surface area contributed by atoms with Crippen LogP contribution < -0.4 is 5.32 Å². The number of carbonyl (C=O) groups is 1. The monoisotopic (exact) mass is 350 g/mol. The number of rotatable bonds is 4. The van der Waals surface area contributed by atoms with Gasteiger partial charge in [-0.1, -0.05) is 0 Å². The molecule has 1 aliphatic carbocycles. The maximum Gasteiger partial charge on any atom is 0.290 e. The van der Waals surface area contributed by atoms with Crippen LogP contribution in [0.2, 0.25) is 5.22 Å². The molecule has 2 fully saturated rings. The smallest absolute Gasteiger partial charge is 0.290 e. The molecule has 1 N–H and O–H groups in total. The standard InChI is InChI=1S/C17H19ClN2O2S/c18-15-2-1-13(22-15)16(21)20(10-12-3-8-23-11-12)14-9-17(14)4-6-19-7-5-17/h1-3,8,11,14,19H,4-7,9-10H2/t14-/m1/s1. The Labute approximate surface area is 144 Å². The van der Waals surface area contributed by atoms with Crippen LogP contribution >= 0.6 is 22.9 Å². The molecule has 0 radical (unpaired) electrons. The summed E-state index contributed by atoms with van der Waals surface area (Å²) in [7, 11) is 0. The summed E-state index contributed by atoms with van der Waals surface area (Å²) in [5.74, 6) is 0.282. The average molecular weight is 351 g/mol. The number of piperidine rings is 1. The zero-order valence-corrected chi connectivity index (χ0v) is 14.3. The van der Waals surface area contributed by atoms with Crippen molar-refractivity contribution in [2.45, 2.75) is 31.8 Å². The number of carbonyl (C=O) groups excluding carboxylic acids is 1. The summed E-state index contributed by atoms with van der Waals surface area (Å²) >= 11 is 7.51. The number of halogens is 1. The van der Waals surface area contributed by atoms with Gasteiger partial charge in [-0.3, -0.25) is 4.79 Å². The molecular weight excluding hydrogens is 332 g/mol. The van der Waals surface area contributed by atoms with Gasteiger partial charge in [0.05, 0.1) is 0 Å². The van der Waals surface area contributed by atoms with Gasteiger partial charge in [0.25, 0.3) is 5.91 Å². The van der Waals surface area contributed by atoms with Gasteiger partial charge in [-0.15, -0.1) is 0 Å². The van der Waals surface area contributed by atoms with Gasteiger partial charge in [-0.25, -0.2) is 0 Å². The third-order valence-corrected chi connectivity index (χ3v) is 6.04. The van der Waals surface area contributed by atoms with Gasteiger partial charge >= 0.3 is 0 Å². The van der Waals surface area contributed by atoms with Crippen LogP contribution in [0.15, 0.2) is 33.4 Å². The Balaban J connectivity index is 1.58. The zero-order valence-electron chi connectivity index (χ0n) is 12.8. The van der Waals surface area contributed by atoms with Crippen LogP contribution in [-0.4, -0.2) is 29.9 Å². The van der Waals surface area contributed by atoms with Gasteiger partial charge in [0.15, 0.2) is 11.0 Å². The molecule has 0 aromatic carbocycles. The zero-order chi connectivity index (χ0) is 15.9. The number of nitrogens with one attached hydrogen (secondary N) is 1. The highest BCUT2D eigenvalue weighted by Gasteiger charge is 2.58. The predicted octanol–water partition coefficient (Wildman–Crippen LogP) is 3.78. The fourth-order valence-electron chi connectivity index (χ4n) is 3.70. The molecular formula is C17H19ClN2O2S. The van der Waals surface area contributed by atoms with Crippen LogP contribution in [0.4, 0.5) is 0 Å². The summed E-state index contributed by atoms with van der Waals surface area (Å²) in [4.78, 5) is 14.9. The third kappa shape index (κ3) is 2.93. The normalized spacial score (nSPS) is 22.2. The second-order valence-corrected chi connectivity index (χ2v) is 7.65. The van der Waals surface area contributed by atoms with Gasteiger partial charge in [-0.2, -0.15) is 11.3 Å². The molecule has 0 bridgehead atoms. The molecule has 122 valence electrons. The summed E-state index contributed by atoms with van der Waals surface area (Å²) in [6.45, 7) is 2.73. The molecule has 4 rings (SSSR count). The van der Waals surface area contributed by atoms with Gasteiger partial charge in [0.2, 0.25) is 0 Å². The molecule has 1 amide bonds. The number of furan rings is 1. The highest BCUT2D eigenvalue weighted by atomic mass is 35.5. The number of thiophene rings is 1. The Morgan fingerprint density at radius 1 is 1.39 bits per heavy atom. The SMILES string of the molecule is O=C(c1ccc(Cl)o1)N(Cc1ccsc1)[C@@H]1CC12CCNCC2. The number of hydrogen-bond donors (Lipinski definition) is 1. The average Bonchev–Trinajstić information content (AvgIpc) is 2.97. The molecule has 1 saturated carbocycles. The molecule has 23 heavy (non-hydrogen) atoms. The summed E-state index contributed by atoms with van der Waals surface area (Å²) in [5, 5.41) is 7.83. The molecule has 6 heteroatoms. The van der Waals surface area contributed by atoms with Crippen molar-refractivity contribution < 1.29 is 9.21 Å². The van der Waals surface area contributed by atoms with E-state index < -0.39 is 0 Å². The van der Waals surface area contributed by atoms with Crippen molar-refractivity contribution in [2.24, 2.45) is 5.41 Å².